The van der Waals surface area contributed by atoms with Crippen molar-refractivity contribution in [3.63, 3.8) is 0 Å². The zero-order valence-electron chi connectivity index (χ0n) is 10.3. The quantitative estimate of drug-likeness (QED) is 0.700. The van der Waals surface area contributed by atoms with Gasteiger partial charge in [0.25, 0.3) is 0 Å². The molecule has 0 saturated carbocycles. The summed E-state index contributed by atoms with van der Waals surface area (Å²) in [5.74, 6) is -0.361. The highest BCUT2D eigenvalue weighted by Crippen LogP contribution is 2.31. The molecule has 6 nitrogen and oxygen atoms in total. The van der Waals surface area contributed by atoms with E-state index in [-0.39, 0.29) is 11.8 Å². The van der Waals surface area contributed by atoms with Crippen LogP contribution < -0.4 is 10.9 Å². The molecule has 6 heteroatoms. The summed E-state index contributed by atoms with van der Waals surface area (Å²) in [4.78, 5) is 21.5. The van der Waals surface area contributed by atoms with Crippen molar-refractivity contribution in [2.75, 3.05) is 0 Å². The van der Waals surface area contributed by atoms with Gasteiger partial charge in [0.1, 0.15) is 0 Å². The Hall–Kier alpha value is -2.24. The van der Waals surface area contributed by atoms with Gasteiger partial charge in [0.15, 0.2) is 0 Å². The van der Waals surface area contributed by atoms with Gasteiger partial charge in [-0.05, 0) is 23.3 Å². The first-order valence-corrected chi connectivity index (χ1v) is 5.62. The van der Waals surface area contributed by atoms with Gasteiger partial charge < -0.3 is 0 Å². The minimum absolute atomic E-state index is 0.181. The number of hydrogen-bond donors (Lipinski definition) is 2. The number of allylic oxidation sites excluding steroid dienone is 4. The number of nitrogens with one attached hydrogen (secondary N) is 2. The standard InChI is InChI=1S/C12H14N4O2/c1-7(17)13-15-11-3-9-5-12(6-10(9)4-11)16-14-8(2)18/h3,6H,4-5H2,1-2H3,(H,13,17)(H,14,18). The number of nitrogens with zero attached hydrogens (tertiary/aromatic N) is 2. The van der Waals surface area contributed by atoms with Gasteiger partial charge in [-0.3, -0.25) is 9.59 Å². The zero-order valence-corrected chi connectivity index (χ0v) is 10.3. The molecule has 2 aliphatic rings. The number of amides is 2. The van der Waals surface area contributed by atoms with Crippen LogP contribution in [0.4, 0.5) is 0 Å². The van der Waals surface area contributed by atoms with Crippen LogP contribution in [0.25, 0.3) is 0 Å². The van der Waals surface area contributed by atoms with Crippen molar-refractivity contribution in [2.45, 2.75) is 26.7 Å². The predicted octanol–water partition coefficient (Wildman–Crippen LogP) is 0.631. The van der Waals surface area contributed by atoms with Gasteiger partial charge in [-0.1, -0.05) is 0 Å². The van der Waals surface area contributed by atoms with Crippen molar-refractivity contribution in [1.29, 1.82) is 0 Å². The van der Waals surface area contributed by atoms with Gasteiger partial charge in [-0.2, -0.15) is 10.2 Å². The van der Waals surface area contributed by atoms with E-state index in [1.807, 2.05) is 12.2 Å². The lowest BCUT2D eigenvalue weighted by Gasteiger charge is -1.96. The lowest BCUT2D eigenvalue weighted by molar-refractivity contribution is -0.119. The molecule has 2 amide bonds. The third-order valence-corrected chi connectivity index (χ3v) is 2.55. The van der Waals surface area contributed by atoms with E-state index in [9.17, 15) is 9.59 Å². The molecule has 2 N–H and O–H groups in total. The number of carbonyl (C=O) groups is 2. The second-order valence-corrected chi connectivity index (χ2v) is 4.23. The second kappa shape index (κ2) is 4.95. The maximum Gasteiger partial charge on any atom is 0.236 e. The van der Waals surface area contributed by atoms with Crippen LogP contribution in [0.15, 0.2) is 33.5 Å². The number of hydrazone groups is 2. The molecule has 94 valence electrons. The number of carbonyl (C=O) groups excluding carboxylic acids is 2. The van der Waals surface area contributed by atoms with Crippen molar-refractivity contribution >= 4 is 23.2 Å². The summed E-state index contributed by atoms with van der Waals surface area (Å²) in [6, 6.07) is 0. The van der Waals surface area contributed by atoms with E-state index in [1.165, 1.54) is 13.8 Å². The van der Waals surface area contributed by atoms with Crippen LogP contribution in [0.3, 0.4) is 0 Å². The Morgan fingerprint density at radius 3 is 1.67 bits per heavy atom. The highest BCUT2D eigenvalue weighted by Gasteiger charge is 2.23. The molecule has 0 heterocycles. The summed E-state index contributed by atoms with van der Waals surface area (Å²) in [5, 5.41) is 7.99. The first kappa shape index (κ1) is 12.2. The second-order valence-electron chi connectivity index (χ2n) is 4.23. The Morgan fingerprint density at radius 2 is 1.33 bits per heavy atom. The molecule has 2 rings (SSSR count). The Morgan fingerprint density at radius 1 is 0.944 bits per heavy atom. The van der Waals surface area contributed by atoms with Crippen LogP contribution >= 0.6 is 0 Å². The summed E-state index contributed by atoms with van der Waals surface area (Å²) in [5.41, 5.74) is 8.80. The summed E-state index contributed by atoms with van der Waals surface area (Å²) >= 11 is 0. The molecule has 0 radical (unpaired) electrons. The van der Waals surface area contributed by atoms with Gasteiger partial charge >= 0.3 is 0 Å². The molecular formula is C12H14N4O2. The minimum atomic E-state index is -0.181. The Balaban J connectivity index is 2.02. The van der Waals surface area contributed by atoms with E-state index in [0.717, 1.165) is 22.6 Å². The van der Waals surface area contributed by atoms with Crippen molar-refractivity contribution in [2.24, 2.45) is 10.2 Å². The van der Waals surface area contributed by atoms with E-state index < -0.39 is 0 Å². The van der Waals surface area contributed by atoms with E-state index in [2.05, 4.69) is 21.1 Å². The van der Waals surface area contributed by atoms with Crippen LogP contribution in [-0.4, -0.2) is 23.2 Å². The lowest BCUT2D eigenvalue weighted by atomic mass is 10.2. The molecule has 18 heavy (non-hydrogen) atoms. The molecule has 0 aromatic heterocycles. The minimum Gasteiger partial charge on any atom is -0.274 e. The fourth-order valence-electron chi connectivity index (χ4n) is 1.85. The molecule has 0 spiro atoms. The summed E-state index contributed by atoms with van der Waals surface area (Å²) < 4.78 is 0. The molecular weight excluding hydrogens is 232 g/mol. The van der Waals surface area contributed by atoms with Crippen LogP contribution in [-0.2, 0) is 9.59 Å². The Kier molecular flexibility index (Phi) is 3.36. The fourth-order valence-corrected chi connectivity index (χ4v) is 1.85. The van der Waals surface area contributed by atoms with Gasteiger partial charge in [0, 0.05) is 26.7 Å². The first-order valence-electron chi connectivity index (χ1n) is 5.62. The topological polar surface area (TPSA) is 82.9 Å². The third-order valence-electron chi connectivity index (χ3n) is 2.55. The lowest BCUT2D eigenvalue weighted by Crippen LogP contribution is -2.15. The highest BCUT2D eigenvalue weighted by atomic mass is 16.2. The molecule has 0 aromatic carbocycles. The SMILES string of the molecule is CC(=O)NN=C1C=C2CC(=NNC(C)=O)C=C2C1. The van der Waals surface area contributed by atoms with Crippen LogP contribution in [0.2, 0.25) is 0 Å². The van der Waals surface area contributed by atoms with E-state index in [4.69, 9.17) is 0 Å². The van der Waals surface area contributed by atoms with E-state index in [0.29, 0.717) is 12.8 Å². The van der Waals surface area contributed by atoms with Gasteiger partial charge in [0.05, 0.1) is 11.4 Å². The van der Waals surface area contributed by atoms with E-state index in [1.54, 1.807) is 0 Å². The predicted molar refractivity (Wildman–Crippen MR) is 67.9 cm³/mol. The van der Waals surface area contributed by atoms with Gasteiger partial charge in [-0.15, -0.1) is 0 Å². The number of rotatable bonds is 2. The van der Waals surface area contributed by atoms with Crippen molar-refractivity contribution < 1.29 is 9.59 Å². The van der Waals surface area contributed by atoms with Crippen LogP contribution in [0.5, 0.6) is 0 Å². The maximum absolute atomic E-state index is 10.7. The largest absolute Gasteiger partial charge is 0.274 e. The monoisotopic (exact) mass is 246 g/mol. The average Bonchev–Trinajstić information content (AvgIpc) is 2.80. The highest BCUT2D eigenvalue weighted by molar-refractivity contribution is 6.10. The molecule has 0 saturated heterocycles. The maximum atomic E-state index is 10.7. The molecule has 2 aliphatic carbocycles. The normalized spacial score (nSPS) is 21.7. The first-order chi connectivity index (χ1) is 8.54. The average molecular weight is 246 g/mol. The smallest absolute Gasteiger partial charge is 0.236 e. The summed E-state index contributed by atoms with van der Waals surface area (Å²) in [6.07, 6.45) is 5.26. The Labute approximate surface area is 105 Å². The van der Waals surface area contributed by atoms with Crippen molar-refractivity contribution in [3.05, 3.63) is 23.3 Å². The fraction of sp³-hybridized carbons (Fsp3) is 0.333. The molecule has 0 aromatic rings. The van der Waals surface area contributed by atoms with Crippen LogP contribution in [0, 0.1) is 0 Å². The summed E-state index contributed by atoms with van der Waals surface area (Å²) in [6.45, 7) is 2.84. The molecule has 0 bridgehead atoms. The van der Waals surface area contributed by atoms with Crippen molar-refractivity contribution in [1.82, 2.24) is 10.9 Å². The molecule has 0 fully saturated rings. The molecule has 0 unspecified atom stereocenters. The van der Waals surface area contributed by atoms with Gasteiger partial charge in [-0.25, -0.2) is 10.9 Å². The van der Waals surface area contributed by atoms with E-state index >= 15 is 0 Å². The molecule has 0 aliphatic heterocycles. The summed E-state index contributed by atoms with van der Waals surface area (Å²) in [7, 11) is 0. The van der Waals surface area contributed by atoms with Crippen molar-refractivity contribution in [3.8, 4) is 0 Å². The molecule has 0 atom stereocenters. The van der Waals surface area contributed by atoms with Crippen LogP contribution in [0.1, 0.15) is 26.7 Å². The third kappa shape index (κ3) is 2.91. The van der Waals surface area contributed by atoms with Gasteiger partial charge in [0.2, 0.25) is 11.8 Å². The number of hydrogen-bond acceptors (Lipinski definition) is 4. The Bertz CT molecular complexity index is 478. The zero-order chi connectivity index (χ0) is 13.1. The number of fused-ring (bicyclic) bond motifs is 1.